The fourth-order valence-electron chi connectivity index (χ4n) is 4.00. The molecule has 6 heteroatoms. The van der Waals surface area contributed by atoms with Gasteiger partial charge < -0.3 is 4.74 Å². The minimum absolute atomic E-state index is 0.0699. The first-order valence-electron chi connectivity index (χ1n) is 9.74. The fourth-order valence-corrected chi connectivity index (χ4v) is 4.00. The Labute approximate surface area is 166 Å². The van der Waals surface area contributed by atoms with Gasteiger partial charge in [0.2, 0.25) is 5.88 Å². The lowest BCUT2D eigenvalue weighted by Crippen LogP contribution is -2.50. The maximum Gasteiger partial charge on any atom is 0.270 e. The van der Waals surface area contributed by atoms with E-state index in [1.165, 1.54) is 0 Å². The zero-order valence-electron chi connectivity index (χ0n) is 17.0. The van der Waals surface area contributed by atoms with Gasteiger partial charge in [0.1, 0.15) is 0 Å². The van der Waals surface area contributed by atoms with Gasteiger partial charge >= 0.3 is 0 Å². The predicted octanol–water partition coefficient (Wildman–Crippen LogP) is 4.47. The first-order chi connectivity index (χ1) is 13.3. The van der Waals surface area contributed by atoms with Crippen LogP contribution in [-0.4, -0.2) is 47.6 Å². The molecule has 0 bridgehead atoms. The summed E-state index contributed by atoms with van der Waals surface area (Å²) in [6, 6.07) is 11.1. The Balaban J connectivity index is 1.87. The standard InChI is InChI=1S/C22H29F2N3O/c1-16(2)27-12-11-26(14-17-9-10-25-21(13-17)28-4)15-20(27)18-7-5-6-8-19(18)22(3,23)24/h5-10,13,16,20H,11-12,14-15H2,1-4H3. The van der Waals surface area contributed by atoms with Crippen molar-refractivity contribution in [3.63, 3.8) is 0 Å². The number of hydrogen-bond donors (Lipinski definition) is 0. The molecule has 1 aliphatic rings. The molecule has 28 heavy (non-hydrogen) atoms. The quantitative estimate of drug-likeness (QED) is 0.729. The van der Waals surface area contributed by atoms with E-state index in [0.29, 0.717) is 12.4 Å². The minimum atomic E-state index is -2.86. The van der Waals surface area contributed by atoms with Crippen LogP contribution in [0.3, 0.4) is 0 Å². The van der Waals surface area contributed by atoms with Crippen molar-refractivity contribution in [2.45, 2.75) is 45.3 Å². The van der Waals surface area contributed by atoms with Gasteiger partial charge in [-0.1, -0.05) is 24.3 Å². The molecule has 4 nitrogen and oxygen atoms in total. The van der Waals surface area contributed by atoms with Crippen LogP contribution in [0.4, 0.5) is 8.78 Å². The van der Waals surface area contributed by atoms with Crippen LogP contribution < -0.4 is 4.74 Å². The zero-order chi connectivity index (χ0) is 20.3. The maximum atomic E-state index is 14.3. The summed E-state index contributed by atoms with van der Waals surface area (Å²) in [7, 11) is 1.60. The third kappa shape index (κ3) is 4.67. The van der Waals surface area contributed by atoms with Gasteiger partial charge in [-0.25, -0.2) is 13.8 Å². The number of rotatable bonds is 6. The highest BCUT2D eigenvalue weighted by atomic mass is 19.3. The molecule has 2 heterocycles. The number of methoxy groups -OCH3 is 1. The molecule has 2 aromatic rings. The number of piperazine rings is 1. The van der Waals surface area contributed by atoms with Crippen LogP contribution in [0.2, 0.25) is 0 Å². The van der Waals surface area contributed by atoms with Crippen molar-refractivity contribution < 1.29 is 13.5 Å². The van der Waals surface area contributed by atoms with Gasteiger partial charge in [0.15, 0.2) is 0 Å². The molecule has 1 aromatic carbocycles. The number of pyridine rings is 1. The lowest BCUT2D eigenvalue weighted by atomic mass is 9.93. The molecule has 1 saturated heterocycles. The Morgan fingerprint density at radius 3 is 2.64 bits per heavy atom. The van der Waals surface area contributed by atoms with Crippen molar-refractivity contribution >= 4 is 0 Å². The predicted molar refractivity (Wildman–Crippen MR) is 107 cm³/mol. The molecular weight excluding hydrogens is 360 g/mol. The zero-order valence-corrected chi connectivity index (χ0v) is 17.0. The highest BCUT2D eigenvalue weighted by molar-refractivity contribution is 5.34. The molecule has 0 amide bonds. The summed E-state index contributed by atoms with van der Waals surface area (Å²) in [6.07, 6.45) is 1.74. The van der Waals surface area contributed by atoms with Gasteiger partial charge in [0.05, 0.1) is 7.11 Å². The molecular formula is C22H29F2N3O. The van der Waals surface area contributed by atoms with Gasteiger partial charge in [-0.2, -0.15) is 0 Å². The van der Waals surface area contributed by atoms with Gasteiger partial charge in [0.25, 0.3) is 5.92 Å². The van der Waals surface area contributed by atoms with Crippen LogP contribution in [0.1, 0.15) is 43.5 Å². The Morgan fingerprint density at radius 1 is 1.21 bits per heavy atom. The lowest BCUT2D eigenvalue weighted by molar-refractivity contribution is 0.00881. The van der Waals surface area contributed by atoms with Crippen LogP contribution in [0.25, 0.3) is 0 Å². The molecule has 1 fully saturated rings. The van der Waals surface area contributed by atoms with Gasteiger partial charge in [-0.15, -0.1) is 0 Å². The molecule has 0 saturated carbocycles. The number of benzene rings is 1. The molecule has 1 aromatic heterocycles. The second kappa shape index (κ2) is 8.53. The third-order valence-corrected chi connectivity index (χ3v) is 5.38. The van der Waals surface area contributed by atoms with E-state index in [-0.39, 0.29) is 17.6 Å². The Kier molecular flexibility index (Phi) is 6.30. The molecule has 1 unspecified atom stereocenters. The van der Waals surface area contributed by atoms with Crippen LogP contribution in [-0.2, 0) is 12.5 Å². The number of halogens is 2. The van der Waals surface area contributed by atoms with E-state index in [1.54, 1.807) is 25.4 Å². The van der Waals surface area contributed by atoms with E-state index >= 15 is 0 Å². The lowest BCUT2D eigenvalue weighted by Gasteiger charge is -2.44. The number of ether oxygens (including phenoxy) is 1. The highest BCUT2D eigenvalue weighted by Gasteiger charge is 2.35. The van der Waals surface area contributed by atoms with E-state index in [9.17, 15) is 8.78 Å². The summed E-state index contributed by atoms with van der Waals surface area (Å²) in [4.78, 5) is 8.80. The summed E-state index contributed by atoms with van der Waals surface area (Å²) in [6.45, 7) is 8.42. The fraction of sp³-hybridized carbons (Fsp3) is 0.500. The smallest absolute Gasteiger partial charge is 0.270 e. The summed E-state index contributed by atoms with van der Waals surface area (Å²) in [5, 5.41) is 0. The topological polar surface area (TPSA) is 28.6 Å². The third-order valence-electron chi connectivity index (χ3n) is 5.38. The molecule has 152 valence electrons. The van der Waals surface area contributed by atoms with Crippen LogP contribution in [0, 0.1) is 0 Å². The summed E-state index contributed by atoms with van der Waals surface area (Å²) >= 11 is 0. The van der Waals surface area contributed by atoms with Gasteiger partial charge in [-0.05, 0) is 31.0 Å². The maximum absolute atomic E-state index is 14.3. The van der Waals surface area contributed by atoms with Gasteiger partial charge in [0, 0.05) is 63.0 Å². The Bertz CT molecular complexity index is 791. The van der Waals surface area contributed by atoms with Crippen molar-refractivity contribution in [1.29, 1.82) is 0 Å². The Morgan fingerprint density at radius 2 is 1.96 bits per heavy atom. The summed E-state index contributed by atoms with van der Waals surface area (Å²) < 4.78 is 33.8. The van der Waals surface area contributed by atoms with Crippen molar-refractivity contribution in [1.82, 2.24) is 14.8 Å². The number of hydrogen-bond acceptors (Lipinski definition) is 4. The van der Waals surface area contributed by atoms with E-state index in [0.717, 1.165) is 37.7 Å². The van der Waals surface area contributed by atoms with E-state index in [4.69, 9.17) is 4.74 Å². The van der Waals surface area contributed by atoms with E-state index in [1.807, 2.05) is 24.3 Å². The van der Waals surface area contributed by atoms with Crippen LogP contribution in [0.15, 0.2) is 42.6 Å². The SMILES string of the molecule is COc1cc(CN2CCN(C(C)C)C(c3ccccc3C(C)(F)F)C2)ccn1. The molecule has 0 N–H and O–H groups in total. The molecule has 0 radical (unpaired) electrons. The van der Waals surface area contributed by atoms with Crippen molar-refractivity contribution in [3.05, 3.63) is 59.3 Å². The number of alkyl halides is 2. The first kappa shape index (κ1) is 20.7. The molecule has 3 rings (SSSR count). The second-order valence-corrected chi connectivity index (χ2v) is 7.76. The molecule has 1 aliphatic heterocycles. The van der Waals surface area contributed by atoms with Crippen molar-refractivity contribution in [2.75, 3.05) is 26.7 Å². The highest BCUT2D eigenvalue weighted by Crippen LogP contribution is 2.37. The Hall–Kier alpha value is -2.05. The van der Waals surface area contributed by atoms with E-state index in [2.05, 4.69) is 28.6 Å². The van der Waals surface area contributed by atoms with Crippen molar-refractivity contribution in [2.24, 2.45) is 0 Å². The molecule has 0 spiro atoms. The molecule has 0 aliphatic carbocycles. The average molecular weight is 389 g/mol. The number of aromatic nitrogens is 1. The normalized spacial score (nSPS) is 19.2. The second-order valence-electron chi connectivity index (χ2n) is 7.76. The van der Waals surface area contributed by atoms with Crippen molar-refractivity contribution in [3.8, 4) is 5.88 Å². The van der Waals surface area contributed by atoms with Crippen LogP contribution >= 0.6 is 0 Å². The molecule has 1 atom stereocenters. The van der Waals surface area contributed by atoms with E-state index < -0.39 is 5.92 Å². The van der Waals surface area contributed by atoms with Crippen LogP contribution in [0.5, 0.6) is 5.88 Å². The largest absolute Gasteiger partial charge is 0.481 e. The average Bonchev–Trinajstić information content (AvgIpc) is 2.67. The summed E-state index contributed by atoms with van der Waals surface area (Å²) in [5.41, 5.74) is 1.96. The van der Waals surface area contributed by atoms with Gasteiger partial charge in [-0.3, -0.25) is 9.80 Å². The number of nitrogens with zero attached hydrogens (tertiary/aromatic N) is 3. The monoisotopic (exact) mass is 389 g/mol. The first-order valence-corrected chi connectivity index (χ1v) is 9.74. The minimum Gasteiger partial charge on any atom is -0.481 e. The summed E-state index contributed by atoms with van der Waals surface area (Å²) in [5.74, 6) is -2.27.